The molecule has 0 heterocycles. The number of allylic oxidation sites excluding steroid dienone is 20. The minimum atomic E-state index is -0.655. The second-order valence-corrected chi connectivity index (χ2v) is 19.1. The number of aliphatic hydroxyl groups is 2. The summed E-state index contributed by atoms with van der Waals surface area (Å²) < 4.78 is 0. The van der Waals surface area contributed by atoms with Crippen molar-refractivity contribution in [1.29, 1.82) is 0 Å². The first kappa shape index (κ1) is 54.5. The van der Waals surface area contributed by atoms with E-state index in [1.807, 2.05) is 6.08 Å². The zero-order valence-corrected chi connectivity index (χ0v) is 40.2. The van der Waals surface area contributed by atoms with E-state index in [0.29, 0.717) is 12.3 Å². The van der Waals surface area contributed by atoms with Crippen LogP contribution in [-0.4, -0.2) is 33.5 Å². The predicted molar refractivity (Wildman–Crippen MR) is 262 cm³/mol. The van der Waals surface area contributed by atoms with Crippen molar-refractivity contribution in [1.82, 2.24) is 0 Å². The fourth-order valence-electron chi connectivity index (χ4n) is 8.44. The molecule has 3 N–H and O–H groups in total. The normalized spacial score (nSPS) is 21.8. The van der Waals surface area contributed by atoms with Gasteiger partial charge in [-0.1, -0.05) is 236 Å². The van der Waals surface area contributed by atoms with Gasteiger partial charge in [0.2, 0.25) is 0 Å². The summed E-state index contributed by atoms with van der Waals surface area (Å²) in [5.74, 6) is -0.306. The van der Waals surface area contributed by atoms with Gasteiger partial charge in [-0.25, -0.2) is 0 Å². The first-order chi connectivity index (χ1) is 28.4. The molecule has 0 aromatic heterocycles. The van der Waals surface area contributed by atoms with Crippen molar-refractivity contribution in [3.05, 3.63) is 130 Å². The number of carboxylic acids is 1. The van der Waals surface area contributed by atoms with Crippen molar-refractivity contribution < 1.29 is 20.1 Å². The SMILES string of the molecule is CC1=C[C@H](O)CC(C)(C)[C@H]1/C=C/C(C)=C/C=C/C(C)=C/C=C/C=C(C)/C=C/C=C(C)/C=C/C1=C(C)C[C@@H](O)CC1(C)C.CCCCCCCCCCCCCCCC(=O)O. The third-order valence-corrected chi connectivity index (χ3v) is 11.8. The van der Waals surface area contributed by atoms with Gasteiger partial charge in [0.15, 0.2) is 0 Å². The lowest BCUT2D eigenvalue weighted by Gasteiger charge is -2.38. The van der Waals surface area contributed by atoms with Gasteiger partial charge in [-0.2, -0.15) is 0 Å². The van der Waals surface area contributed by atoms with Crippen LogP contribution in [0.4, 0.5) is 0 Å². The lowest BCUT2D eigenvalue weighted by atomic mass is 9.67. The number of unbranched alkanes of at least 4 members (excludes halogenated alkanes) is 12. The van der Waals surface area contributed by atoms with Gasteiger partial charge in [0, 0.05) is 12.3 Å². The van der Waals surface area contributed by atoms with Gasteiger partial charge in [-0.3, -0.25) is 4.79 Å². The average molecular weight is 825 g/mol. The highest BCUT2D eigenvalue weighted by molar-refractivity contribution is 5.66. The van der Waals surface area contributed by atoms with Gasteiger partial charge in [0.05, 0.1) is 12.2 Å². The Morgan fingerprint density at radius 3 is 1.57 bits per heavy atom. The van der Waals surface area contributed by atoms with E-state index in [9.17, 15) is 15.0 Å². The molecule has 0 amide bonds. The summed E-state index contributed by atoms with van der Waals surface area (Å²) >= 11 is 0. The van der Waals surface area contributed by atoms with Crippen LogP contribution in [-0.2, 0) is 4.79 Å². The topological polar surface area (TPSA) is 77.8 Å². The number of rotatable bonds is 24. The third kappa shape index (κ3) is 25.3. The van der Waals surface area contributed by atoms with Crippen molar-refractivity contribution >= 4 is 5.97 Å². The molecule has 2 rings (SSSR count). The molecule has 3 atom stereocenters. The predicted octanol–water partition coefficient (Wildman–Crippen LogP) is 16.0. The lowest BCUT2D eigenvalue weighted by molar-refractivity contribution is -0.137. The van der Waals surface area contributed by atoms with Gasteiger partial charge in [-0.15, -0.1) is 0 Å². The van der Waals surface area contributed by atoms with Crippen molar-refractivity contribution in [2.75, 3.05) is 0 Å². The third-order valence-electron chi connectivity index (χ3n) is 11.8. The molecular weight excluding hydrogens is 737 g/mol. The summed E-state index contributed by atoms with van der Waals surface area (Å²) in [6, 6.07) is 0. The van der Waals surface area contributed by atoms with Crippen LogP contribution in [0.15, 0.2) is 130 Å². The van der Waals surface area contributed by atoms with Gasteiger partial charge in [0.25, 0.3) is 0 Å². The minimum absolute atomic E-state index is 0.00528. The van der Waals surface area contributed by atoms with Gasteiger partial charge in [0.1, 0.15) is 0 Å². The molecule has 4 heteroatoms. The maximum absolute atomic E-state index is 10.3. The average Bonchev–Trinajstić information content (AvgIpc) is 3.14. The molecule has 0 spiro atoms. The fourth-order valence-corrected chi connectivity index (χ4v) is 8.44. The van der Waals surface area contributed by atoms with E-state index in [4.69, 9.17) is 5.11 Å². The minimum Gasteiger partial charge on any atom is -0.481 e. The number of carboxylic acid groups (broad SMARTS) is 1. The van der Waals surface area contributed by atoms with Crippen LogP contribution in [0, 0.1) is 16.7 Å². The van der Waals surface area contributed by atoms with E-state index in [1.54, 1.807) is 0 Å². The van der Waals surface area contributed by atoms with Crippen LogP contribution < -0.4 is 0 Å². The van der Waals surface area contributed by atoms with Crippen molar-refractivity contribution in [2.24, 2.45) is 16.7 Å². The van der Waals surface area contributed by atoms with Crippen LogP contribution in [0.3, 0.4) is 0 Å². The Kier molecular flexibility index (Phi) is 27.8. The zero-order valence-electron chi connectivity index (χ0n) is 40.2. The maximum atomic E-state index is 10.3. The molecule has 0 saturated carbocycles. The summed E-state index contributed by atoms with van der Waals surface area (Å²) in [4.78, 5) is 10.3. The standard InChI is InChI=1S/C40H56O2.C16H32O2/c1-29(17-13-19-31(3)21-23-37-33(5)25-35(41)27-39(37,7)8)15-11-12-16-30(2)18-14-20-32(4)22-24-38-34(6)26-36(42)28-40(38,9)10;1-2-3-4-5-6-7-8-9-10-11-12-13-14-15-16(17)18/h11-25,35-37,41-42H,26-28H2,1-10H3;2-15H2,1H3,(H,17,18)/b12-11+,17-13+,18-14+,23-21+,24-22+,29-15+,30-16+,31-19+,32-20+;/t35-,36+,37-;/m0./s1. The molecule has 2 aliphatic carbocycles. The van der Waals surface area contributed by atoms with Gasteiger partial charge < -0.3 is 15.3 Å². The van der Waals surface area contributed by atoms with E-state index in [0.717, 1.165) is 32.1 Å². The molecule has 336 valence electrons. The van der Waals surface area contributed by atoms with Crippen LogP contribution in [0.5, 0.6) is 0 Å². The molecule has 0 unspecified atom stereocenters. The van der Waals surface area contributed by atoms with Crippen LogP contribution in [0.2, 0.25) is 0 Å². The Hall–Kier alpha value is -3.47. The Labute approximate surface area is 369 Å². The second-order valence-electron chi connectivity index (χ2n) is 19.1. The number of aliphatic hydroxyl groups excluding tert-OH is 2. The number of hydrogen-bond acceptors (Lipinski definition) is 3. The molecule has 2 aliphatic rings. The summed E-state index contributed by atoms with van der Waals surface area (Å²) in [6.45, 7) is 23.9. The fraction of sp³-hybridized carbons (Fsp3) is 0.589. The van der Waals surface area contributed by atoms with E-state index in [1.165, 1.54) is 110 Å². The van der Waals surface area contributed by atoms with Crippen molar-refractivity contribution in [2.45, 2.75) is 198 Å². The van der Waals surface area contributed by atoms with Crippen LogP contribution in [0.1, 0.15) is 185 Å². The summed E-state index contributed by atoms with van der Waals surface area (Å²) in [5.41, 5.74) is 8.73. The highest BCUT2D eigenvalue weighted by Gasteiger charge is 2.34. The molecule has 0 aromatic rings. The molecule has 0 fully saturated rings. The molecule has 0 aromatic carbocycles. The number of hydrogen-bond donors (Lipinski definition) is 3. The quantitative estimate of drug-likeness (QED) is 0.0515. The molecule has 0 radical (unpaired) electrons. The van der Waals surface area contributed by atoms with Crippen LogP contribution >= 0.6 is 0 Å². The molecule has 4 nitrogen and oxygen atoms in total. The monoisotopic (exact) mass is 825 g/mol. The van der Waals surface area contributed by atoms with E-state index in [2.05, 4.69) is 161 Å². The summed E-state index contributed by atoms with van der Waals surface area (Å²) in [7, 11) is 0. The summed E-state index contributed by atoms with van der Waals surface area (Å²) in [6.07, 6.45) is 51.1. The van der Waals surface area contributed by atoms with Gasteiger partial charge >= 0.3 is 5.97 Å². The second kappa shape index (κ2) is 30.5. The van der Waals surface area contributed by atoms with E-state index in [-0.39, 0.29) is 23.0 Å². The van der Waals surface area contributed by atoms with Crippen LogP contribution in [0.25, 0.3) is 0 Å². The number of carbonyl (C=O) groups is 1. The Morgan fingerprint density at radius 1 is 0.650 bits per heavy atom. The summed E-state index contributed by atoms with van der Waals surface area (Å²) in [5, 5.41) is 28.7. The first-order valence-corrected chi connectivity index (χ1v) is 23.4. The molecular formula is C56H88O4. The number of aliphatic carboxylic acids is 1. The molecule has 60 heavy (non-hydrogen) atoms. The van der Waals surface area contributed by atoms with E-state index >= 15 is 0 Å². The maximum Gasteiger partial charge on any atom is 0.303 e. The highest BCUT2D eigenvalue weighted by Crippen LogP contribution is 2.42. The van der Waals surface area contributed by atoms with Crippen molar-refractivity contribution in [3.8, 4) is 0 Å². The van der Waals surface area contributed by atoms with Gasteiger partial charge in [-0.05, 0) is 83.6 Å². The Bertz CT molecular complexity index is 1610. The van der Waals surface area contributed by atoms with E-state index < -0.39 is 5.97 Å². The smallest absolute Gasteiger partial charge is 0.303 e. The zero-order chi connectivity index (χ0) is 45.0. The first-order valence-electron chi connectivity index (χ1n) is 23.4. The van der Waals surface area contributed by atoms with Crippen molar-refractivity contribution in [3.63, 3.8) is 0 Å². The molecule has 0 aliphatic heterocycles. The highest BCUT2D eigenvalue weighted by atomic mass is 16.4. The lowest BCUT2D eigenvalue weighted by Crippen LogP contribution is -2.32. The Balaban J connectivity index is 0.000000838. The molecule has 0 bridgehead atoms. The largest absolute Gasteiger partial charge is 0.481 e. The Morgan fingerprint density at radius 2 is 1.10 bits per heavy atom. The molecule has 0 saturated heterocycles.